The molecular weight excluding hydrogens is 374 g/mol. The maximum Gasteiger partial charge on any atom is 0.284 e. The summed E-state index contributed by atoms with van der Waals surface area (Å²) >= 11 is 0. The van der Waals surface area contributed by atoms with E-state index < -0.39 is 29.8 Å². The molecular formula is C20H25F4N3O. The molecule has 0 spiro atoms. The van der Waals surface area contributed by atoms with Gasteiger partial charge in [0, 0.05) is 17.3 Å². The molecule has 2 aromatic heterocycles. The molecule has 0 aliphatic heterocycles. The first kappa shape index (κ1) is 22.1. The van der Waals surface area contributed by atoms with Crippen molar-refractivity contribution < 1.29 is 22.3 Å². The van der Waals surface area contributed by atoms with Gasteiger partial charge in [0.05, 0.1) is 5.69 Å². The van der Waals surface area contributed by atoms with Crippen molar-refractivity contribution in [1.29, 1.82) is 0 Å². The Labute approximate surface area is 162 Å². The Morgan fingerprint density at radius 3 is 2.46 bits per heavy atom. The van der Waals surface area contributed by atoms with Gasteiger partial charge in [-0.1, -0.05) is 20.3 Å². The van der Waals surface area contributed by atoms with Crippen molar-refractivity contribution in [3.63, 3.8) is 0 Å². The van der Waals surface area contributed by atoms with Crippen molar-refractivity contribution in [2.45, 2.75) is 52.0 Å². The molecule has 28 heavy (non-hydrogen) atoms. The summed E-state index contributed by atoms with van der Waals surface area (Å²) in [4.78, 5) is 7.49. The SMILES string of the molecule is CCC(C)CC(C)(N)COc1ccc(-c2ccnc(C(F)F)c2)nc1C(F)F. The Morgan fingerprint density at radius 1 is 1.14 bits per heavy atom. The molecule has 0 aliphatic rings. The zero-order chi connectivity index (χ0) is 20.9. The van der Waals surface area contributed by atoms with E-state index in [9.17, 15) is 17.6 Å². The second-order valence-corrected chi connectivity index (χ2v) is 7.31. The predicted molar refractivity (Wildman–Crippen MR) is 99.5 cm³/mol. The molecule has 2 aromatic rings. The van der Waals surface area contributed by atoms with Crippen molar-refractivity contribution >= 4 is 0 Å². The number of hydrogen-bond acceptors (Lipinski definition) is 4. The van der Waals surface area contributed by atoms with Gasteiger partial charge >= 0.3 is 0 Å². The van der Waals surface area contributed by atoms with Crippen LogP contribution in [0.15, 0.2) is 30.5 Å². The third-order valence-corrected chi connectivity index (χ3v) is 4.46. The summed E-state index contributed by atoms with van der Waals surface area (Å²) < 4.78 is 58.2. The highest BCUT2D eigenvalue weighted by Crippen LogP contribution is 2.32. The third-order valence-electron chi connectivity index (χ3n) is 4.46. The van der Waals surface area contributed by atoms with Gasteiger partial charge in [0.1, 0.15) is 23.7 Å². The van der Waals surface area contributed by atoms with E-state index in [1.54, 1.807) is 0 Å². The molecule has 2 rings (SSSR count). The number of hydrogen-bond donors (Lipinski definition) is 1. The lowest BCUT2D eigenvalue weighted by molar-refractivity contribution is 0.134. The van der Waals surface area contributed by atoms with Crippen LogP contribution in [0.5, 0.6) is 5.75 Å². The predicted octanol–water partition coefficient (Wildman–Crippen LogP) is 5.55. The highest BCUT2D eigenvalue weighted by Gasteiger charge is 2.24. The van der Waals surface area contributed by atoms with Gasteiger partial charge in [-0.05, 0) is 43.5 Å². The summed E-state index contributed by atoms with van der Waals surface area (Å²) in [6.45, 7) is 5.99. The van der Waals surface area contributed by atoms with Gasteiger partial charge in [0.25, 0.3) is 12.9 Å². The second-order valence-electron chi connectivity index (χ2n) is 7.31. The molecule has 0 bridgehead atoms. The molecule has 0 aromatic carbocycles. The van der Waals surface area contributed by atoms with E-state index in [4.69, 9.17) is 10.5 Å². The van der Waals surface area contributed by atoms with Crippen molar-refractivity contribution in [3.05, 3.63) is 41.9 Å². The minimum absolute atomic E-state index is 0.0584. The van der Waals surface area contributed by atoms with E-state index in [1.807, 2.05) is 6.92 Å². The van der Waals surface area contributed by atoms with Gasteiger partial charge in [-0.25, -0.2) is 22.5 Å². The lowest BCUT2D eigenvalue weighted by Crippen LogP contribution is -2.43. The Kier molecular flexibility index (Phi) is 7.35. The minimum atomic E-state index is -2.88. The minimum Gasteiger partial charge on any atom is -0.490 e. The fourth-order valence-electron chi connectivity index (χ4n) is 2.87. The van der Waals surface area contributed by atoms with Gasteiger partial charge in [0.15, 0.2) is 0 Å². The quantitative estimate of drug-likeness (QED) is 0.562. The third kappa shape index (κ3) is 5.89. The summed E-state index contributed by atoms with van der Waals surface area (Å²) in [5, 5.41) is 0. The Hall–Kier alpha value is -2.22. The van der Waals surface area contributed by atoms with Gasteiger partial charge in [0.2, 0.25) is 0 Å². The summed E-state index contributed by atoms with van der Waals surface area (Å²) in [6, 6.07) is 5.39. The van der Waals surface area contributed by atoms with Gasteiger partial charge in [-0.2, -0.15) is 0 Å². The topological polar surface area (TPSA) is 61.0 Å². The molecule has 8 heteroatoms. The first-order valence-electron chi connectivity index (χ1n) is 9.08. The first-order valence-corrected chi connectivity index (χ1v) is 9.08. The zero-order valence-corrected chi connectivity index (χ0v) is 16.1. The summed E-state index contributed by atoms with van der Waals surface area (Å²) in [6.07, 6.45) is -2.81. The highest BCUT2D eigenvalue weighted by molar-refractivity contribution is 5.60. The number of nitrogens with zero attached hydrogens (tertiary/aromatic N) is 2. The second kappa shape index (κ2) is 9.32. The standard InChI is InChI=1S/C20H25F4N3O/c1-4-12(2)10-20(3,25)11-28-16-6-5-14(27-17(16)19(23)24)13-7-8-26-15(9-13)18(21)22/h5-9,12,18-19H,4,10-11,25H2,1-3H3. The lowest BCUT2D eigenvalue weighted by Gasteiger charge is -2.28. The van der Waals surface area contributed by atoms with Crippen molar-refractivity contribution in [1.82, 2.24) is 9.97 Å². The molecule has 2 N–H and O–H groups in total. The molecule has 0 saturated carbocycles. The summed E-state index contributed by atoms with van der Waals surface area (Å²) in [7, 11) is 0. The van der Waals surface area contributed by atoms with Crippen LogP contribution in [-0.4, -0.2) is 22.1 Å². The van der Waals surface area contributed by atoms with E-state index in [1.165, 1.54) is 24.4 Å². The number of alkyl halides is 4. The van der Waals surface area contributed by atoms with Gasteiger partial charge in [-0.3, -0.25) is 4.98 Å². The first-order chi connectivity index (χ1) is 13.1. The fourth-order valence-corrected chi connectivity index (χ4v) is 2.87. The molecule has 0 radical (unpaired) electrons. The number of rotatable bonds is 9. The van der Waals surface area contributed by atoms with Crippen LogP contribution < -0.4 is 10.5 Å². The Balaban J connectivity index is 2.25. The maximum atomic E-state index is 13.5. The van der Waals surface area contributed by atoms with Crippen molar-refractivity contribution in [2.75, 3.05) is 6.61 Å². The van der Waals surface area contributed by atoms with Crippen LogP contribution in [0.4, 0.5) is 17.6 Å². The van der Waals surface area contributed by atoms with Crippen LogP contribution in [0.3, 0.4) is 0 Å². The zero-order valence-electron chi connectivity index (χ0n) is 16.1. The van der Waals surface area contributed by atoms with E-state index >= 15 is 0 Å². The smallest absolute Gasteiger partial charge is 0.284 e. The molecule has 2 heterocycles. The Morgan fingerprint density at radius 2 is 1.86 bits per heavy atom. The molecule has 0 amide bonds. The molecule has 4 nitrogen and oxygen atoms in total. The number of halogens is 4. The normalized spacial score (nSPS) is 14.9. The number of pyridine rings is 2. The van der Waals surface area contributed by atoms with Crippen LogP contribution in [0.25, 0.3) is 11.3 Å². The molecule has 0 aliphatic carbocycles. The Bertz CT molecular complexity index is 784. The lowest BCUT2D eigenvalue weighted by atomic mass is 9.90. The van der Waals surface area contributed by atoms with E-state index in [0.29, 0.717) is 12.3 Å². The molecule has 0 saturated heterocycles. The average molecular weight is 399 g/mol. The van der Waals surface area contributed by atoms with Crippen LogP contribution >= 0.6 is 0 Å². The molecule has 154 valence electrons. The van der Waals surface area contributed by atoms with Crippen LogP contribution in [0.1, 0.15) is 57.9 Å². The van der Waals surface area contributed by atoms with Crippen LogP contribution in [0.2, 0.25) is 0 Å². The molecule has 0 fully saturated rings. The molecule has 2 atom stereocenters. The van der Waals surface area contributed by atoms with Gasteiger partial charge in [-0.15, -0.1) is 0 Å². The van der Waals surface area contributed by atoms with E-state index in [-0.39, 0.29) is 23.6 Å². The number of aromatic nitrogens is 2. The van der Waals surface area contributed by atoms with Crippen LogP contribution in [-0.2, 0) is 0 Å². The molecule has 2 unspecified atom stereocenters. The highest BCUT2D eigenvalue weighted by atomic mass is 19.3. The van der Waals surface area contributed by atoms with Crippen LogP contribution in [0, 0.1) is 5.92 Å². The van der Waals surface area contributed by atoms with Gasteiger partial charge < -0.3 is 10.5 Å². The van der Waals surface area contributed by atoms with E-state index in [0.717, 1.165) is 12.5 Å². The van der Waals surface area contributed by atoms with E-state index in [2.05, 4.69) is 23.8 Å². The fraction of sp³-hybridized carbons (Fsp3) is 0.500. The largest absolute Gasteiger partial charge is 0.490 e. The summed E-state index contributed by atoms with van der Waals surface area (Å²) in [5.41, 5.74) is 4.97. The maximum absolute atomic E-state index is 13.5. The monoisotopic (exact) mass is 399 g/mol. The average Bonchev–Trinajstić information content (AvgIpc) is 2.65. The number of ether oxygens (including phenoxy) is 1. The van der Waals surface area contributed by atoms with Crippen molar-refractivity contribution in [3.8, 4) is 17.0 Å². The summed E-state index contributed by atoms with van der Waals surface area (Å²) in [5.74, 6) is 0.312. The number of nitrogens with two attached hydrogens (primary N) is 1. The van der Waals surface area contributed by atoms with Crippen molar-refractivity contribution in [2.24, 2.45) is 11.7 Å².